The number of carbonyl (C=O) groups excluding carboxylic acids is 2. The molecule has 0 spiro atoms. The number of amidine groups is 1. The van der Waals surface area contributed by atoms with Crippen LogP contribution in [0.15, 0.2) is 59.6 Å². The van der Waals surface area contributed by atoms with Crippen molar-refractivity contribution in [3.8, 4) is 0 Å². The van der Waals surface area contributed by atoms with Crippen LogP contribution in [-0.4, -0.2) is 22.2 Å². The van der Waals surface area contributed by atoms with E-state index < -0.39 is 5.25 Å². The lowest BCUT2D eigenvalue weighted by atomic mass is 10.2. The molecule has 0 aliphatic carbocycles. The maximum Gasteiger partial charge on any atom is 0.240 e. The molecule has 1 aliphatic heterocycles. The van der Waals surface area contributed by atoms with Crippen LogP contribution in [0.5, 0.6) is 0 Å². The van der Waals surface area contributed by atoms with Gasteiger partial charge in [-0.1, -0.05) is 60.3 Å². The standard InChI is InChI=1S/C19H19N3O2S/c1-13-7-5-6-10-15(13)21-17(23)11-16-18(24)22-19(25-16)20-12-14-8-3-2-4-9-14/h2-10,16H,11-12H2,1H3,(H,21,23)(H,20,22,24). The molecule has 25 heavy (non-hydrogen) atoms. The third-order valence-electron chi connectivity index (χ3n) is 3.81. The van der Waals surface area contributed by atoms with Crippen LogP contribution in [-0.2, 0) is 16.1 Å². The van der Waals surface area contributed by atoms with Crippen LogP contribution in [0.25, 0.3) is 0 Å². The van der Waals surface area contributed by atoms with Crippen molar-refractivity contribution in [3.05, 3.63) is 65.7 Å². The summed E-state index contributed by atoms with van der Waals surface area (Å²) in [4.78, 5) is 28.7. The minimum atomic E-state index is -0.446. The molecule has 1 heterocycles. The number of aryl methyl sites for hydroxylation is 1. The average molecular weight is 353 g/mol. The molecule has 6 heteroatoms. The van der Waals surface area contributed by atoms with E-state index in [2.05, 4.69) is 15.6 Å². The second-order valence-corrected chi connectivity index (χ2v) is 6.96. The molecule has 1 saturated heterocycles. The van der Waals surface area contributed by atoms with Crippen molar-refractivity contribution < 1.29 is 9.59 Å². The van der Waals surface area contributed by atoms with Crippen molar-refractivity contribution in [1.82, 2.24) is 5.32 Å². The normalized spacial score (nSPS) is 18.2. The smallest absolute Gasteiger partial charge is 0.240 e. The molecule has 0 radical (unpaired) electrons. The van der Waals surface area contributed by atoms with Crippen LogP contribution in [0, 0.1) is 6.92 Å². The molecule has 2 aromatic carbocycles. The summed E-state index contributed by atoms with van der Waals surface area (Å²) >= 11 is 1.31. The van der Waals surface area contributed by atoms with Crippen LogP contribution >= 0.6 is 11.8 Å². The number of nitrogens with one attached hydrogen (secondary N) is 2. The maximum atomic E-state index is 12.2. The lowest BCUT2D eigenvalue weighted by Crippen LogP contribution is -2.28. The van der Waals surface area contributed by atoms with Gasteiger partial charge in [-0.05, 0) is 24.1 Å². The summed E-state index contributed by atoms with van der Waals surface area (Å²) in [5, 5.41) is 5.73. The van der Waals surface area contributed by atoms with E-state index in [0.29, 0.717) is 11.7 Å². The van der Waals surface area contributed by atoms with Crippen molar-refractivity contribution in [2.24, 2.45) is 4.99 Å². The molecule has 1 fully saturated rings. The molecular weight excluding hydrogens is 334 g/mol. The van der Waals surface area contributed by atoms with E-state index in [0.717, 1.165) is 16.8 Å². The van der Waals surface area contributed by atoms with E-state index in [4.69, 9.17) is 0 Å². The highest BCUT2D eigenvalue weighted by molar-refractivity contribution is 8.15. The van der Waals surface area contributed by atoms with Crippen LogP contribution < -0.4 is 10.6 Å². The van der Waals surface area contributed by atoms with Gasteiger partial charge in [0.15, 0.2) is 5.17 Å². The predicted molar refractivity (Wildman–Crippen MR) is 102 cm³/mol. The average Bonchev–Trinajstić information content (AvgIpc) is 2.96. The summed E-state index contributed by atoms with van der Waals surface area (Å²) in [6.45, 7) is 2.44. The van der Waals surface area contributed by atoms with Gasteiger partial charge in [-0.25, -0.2) is 0 Å². The van der Waals surface area contributed by atoms with Gasteiger partial charge in [0.05, 0.1) is 6.54 Å². The minimum absolute atomic E-state index is 0.120. The fourth-order valence-electron chi connectivity index (χ4n) is 2.44. The molecule has 5 nitrogen and oxygen atoms in total. The quantitative estimate of drug-likeness (QED) is 0.868. The number of carbonyl (C=O) groups is 2. The Bertz CT molecular complexity index is 805. The lowest BCUT2D eigenvalue weighted by molar-refractivity contribution is -0.122. The first-order valence-corrected chi connectivity index (χ1v) is 8.91. The highest BCUT2D eigenvalue weighted by atomic mass is 32.2. The number of hydrogen-bond donors (Lipinski definition) is 2. The number of aliphatic imine (C=N–C) groups is 1. The first-order chi connectivity index (χ1) is 12.1. The first kappa shape index (κ1) is 17.2. The Hall–Kier alpha value is -2.60. The third-order valence-corrected chi connectivity index (χ3v) is 4.93. The van der Waals surface area contributed by atoms with Crippen molar-refractivity contribution in [3.63, 3.8) is 0 Å². The second kappa shape index (κ2) is 7.98. The number of amides is 2. The van der Waals surface area contributed by atoms with E-state index in [1.54, 1.807) is 0 Å². The van der Waals surface area contributed by atoms with Gasteiger partial charge in [0.2, 0.25) is 11.8 Å². The van der Waals surface area contributed by atoms with E-state index >= 15 is 0 Å². The minimum Gasteiger partial charge on any atom is -0.326 e. The van der Waals surface area contributed by atoms with Crippen LogP contribution in [0.2, 0.25) is 0 Å². The Balaban J connectivity index is 1.56. The Kier molecular flexibility index (Phi) is 5.50. The summed E-state index contributed by atoms with van der Waals surface area (Å²) in [7, 11) is 0. The van der Waals surface area contributed by atoms with E-state index in [1.807, 2.05) is 61.5 Å². The highest BCUT2D eigenvalue weighted by Gasteiger charge is 2.32. The van der Waals surface area contributed by atoms with Crippen molar-refractivity contribution in [2.45, 2.75) is 25.1 Å². The van der Waals surface area contributed by atoms with Crippen molar-refractivity contribution >= 4 is 34.4 Å². The Morgan fingerprint density at radius 1 is 1.16 bits per heavy atom. The largest absolute Gasteiger partial charge is 0.326 e. The predicted octanol–water partition coefficient (Wildman–Crippen LogP) is 3.11. The monoisotopic (exact) mass is 353 g/mol. The van der Waals surface area contributed by atoms with Gasteiger partial charge < -0.3 is 10.6 Å². The van der Waals surface area contributed by atoms with E-state index in [1.165, 1.54) is 11.8 Å². The van der Waals surface area contributed by atoms with Crippen LogP contribution in [0.3, 0.4) is 0 Å². The SMILES string of the molecule is Cc1ccccc1NC(=O)CC1SC(=NCc2ccccc2)NC1=O. The molecule has 1 atom stereocenters. The lowest BCUT2D eigenvalue weighted by Gasteiger charge is -2.09. The number of nitrogens with zero attached hydrogens (tertiary/aromatic N) is 1. The Labute approximate surface area is 150 Å². The zero-order chi connectivity index (χ0) is 17.6. The topological polar surface area (TPSA) is 70.6 Å². The number of thioether (sulfide) groups is 1. The number of benzene rings is 2. The van der Waals surface area contributed by atoms with E-state index in [9.17, 15) is 9.59 Å². The van der Waals surface area contributed by atoms with Crippen molar-refractivity contribution in [2.75, 3.05) is 5.32 Å². The molecule has 128 valence electrons. The van der Waals surface area contributed by atoms with Gasteiger partial charge in [0, 0.05) is 12.1 Å². The molecular formula is C19H19N3O2S. The molecule has 0 aromatic heterocycles. The van der Waals surface area contributed by atoms with Crippen LogP contribution in [0.1, 0.15) is 17.5 Å². The van der Waals surface area contributed by atoms with Gasteiger partial charge in [-0.3, -0.25) is 14.6 Å². The third kappa shape index (κ3) is 4.70. The summed E-state index contributed by atoms with van der Waals surface area (Å²) in [5.41, 5.74) is 2.84. The van der Waals surface area contributed by atoms with Crippen molar-refractivity contribution in [1.29, 1.82) is 0 Å². The molecule has 2 amide bonds. The molecule has 2 aromatic rings. The molecule has 1 unspecified atom stereocenters. The Morgan fingerprint density at radius 2 is 1.88 bits per heavy atom. The summed E-state index contributed by atoms with van der Waals surface area (Å²) in [5.74, 6) is -0.344. The second-order valence-electron chi connectivity index (χ2n) is 5.77. The number of anilines is 1. The molecule has 1 aliphatic rings. The number of rotatable bonds is 5. The number of para-hydroxylation sites is 1. The van der Waals surface area contributed by atoms with Gasteiger partial charge >= 0.3 is 0 Å². The molecule has 0 saturated carbocycles. The summed E-state index contributed by atoms with van der Waals surface area (Å²) < 4.78 is 0. The maximum absolute atomic E-state index is 12.2. The Morgan fingerprint density at radius 3 is 2.64 bits per heavy atom. The summed E-state index contributed by atoms with van der Waals surface area (Å²) in [6, 6.07) is 17.4. The zero-order valence-corrected chi connectivity index (χ0v) is 14.7. The molecule has 2 N–H and O–H groups in total. The number of hydrogen-bond acceptors (Lipinski definition) is 4. The van der Waals surface area contributed by atoms with Gasteiger partial charge in [-0.15, -0.1) is 0 Å². The first-order valence-electron chi connectivity index (χ1n) is 8.03. The fourth-order valence-corrected chi connectivity index (χ4v) is 3.41. The van der Waals surface area contributed by atoms with E-state index in [-0.39, 0.29) is 18.2 Å². The van der Waals surface area contributed by atoms with Crippen LogP contribution in [0.4, 0.5) is 5.69 Å². The zero-order valence-electron chi connectivity index (χ0n) is 13.9. The molecule has 3 rings (SSSR count). The van der Waals surface area contributed by atoms with Gasteiger partial charge in [-0.2, -0.15) is 0 Å². The van der Waals surface area contributed by atoms with Gasteiger partial charge in [0.1, 0.15) is 5.25 Å². The summed E-state index contributed by atoms with van der Waals surface area (Å²) in [6.07, 6.45) is 0.120. The fraction of sp³-hybridized carbons (Fsp3) is 0.211. The molecule has 0 bridgehead atoms. The van der Waals surface area contributed by atoms with Gasteiger partial charge in [0.25, 0.3) is 0 Å². The highest BCUT2D eigenvalue weighted by Crippen LogP contribution is 2.24.